The van der Waals surface area contributed by atoms with Gasteiger partial charge in [-0.3, -0.25) is 4.98 Å². The van der Waals surface area contributed by atoms with Crippen LogP contribution < -0.4 is 4.74 Å². The quantitative estimate of drug-likeness (QED) is 0.295. The summed E-state index contributed by atoms with van der Waals surface area (Å²) in [4.78, 5) is 15.3. The molecule has 11 nitrogen and oxygen atoms in total. The van der Waals surface area contributed by atoms with Crippen molar-refractivity contribution in [3.63, 3.8) is 0 Å². The van der Waals surface area contributed by atoms with Gasteiger partial charge in [-0.1, -0.05) is 46.7 Å². The number of pyridine rings is 1. The van der Waals surface area contributed by atoms with Gasteiger partial charge in [0.05, 0.1) is 17.9 Å². The predicted octanol–water partition coefficient (Wildman–Crippen LogP) is 5.27. The normalized spacial score (nSPS) is 12.7. The van der Waals surface area contributed by atoms with Crippen molar-refractivity contribution < 1.29 is 23.6 Å². The Morgan fingerprint density at radius 2 is 1.82 bits per heavy atom. The van der Waals surface area contributed by atoms with Gasteiger partial charge in [-0.05, 0) is 41.7 Å². The molecule has 202 valence electrons. The summed E-state index contributed by atoms with van der Waals surface area (Å²) in [6.45, 7) is 17.5. The molecular weight excluding hydrogens is 504 g/mol. The first-order chi connectivity index (χ1) is 17.7. The molecule has 4 heterocycles. The van der Waals surface area contributed by atoms with Crippen LogP contribution in [-0.2, 0) is 23.1 Å². The summed E-state index contributed by atoms with van der Waals surface area (Å²) in [5.74, 6) is 0.367. The topological polar surface area (TPSA) is 138 Å². The van der Waals surface area contributed by atoms with E-state index in [0.29, 0.717) is 41.1 Å². The van der Waals surface area contributed by atoms with E-state index in [1.165, 1.54) is 12.3 Å². The number of ether oxygens (including phenoxy) is 1. The minimum Gasteiger partial charge on any atom is -0.478 e. The van der Waals surface area contributed by atoms with Crippen molar-refractivity contribution >= 4 is 19.9 Å². The highest BCUT2D eigenvalue weighted by Crippen LogP contribution is 2.37. The average molecular weight is 539 g/mol. The number of carbonyl (C=O) groups is 1. The SMILES string of the molecule is CC(C)(C)c1cc2nnc(-c3cc(CO[Si](C)(C)C(C)(C)C)on3)n2nc1OCc1ccc(C(=O)O)cn1. The largest absolute Gasteiger partial charge is 0.478 e. The maximum absolute atomic E-state index is 11.1. The zero-order chi connectivity index (χ0) is 27.9. The fraction of sp³-hybridized carbons (Fsp3) is 0.462. The Kier molecular flexibility index (Phi) is 7.15. The molecule has 4 aromatic heterocycles. The van der Waals surface area contributed by atoms with Gasteiger partial charge >= 0.3 is 5.97 Å². The standard InChI is InChI=1S/C26H34N6O5Si/c1-25(2,3)19-12-21-28-29-22(20-11-18(37-31-20)15-36-38(7,8)26(4,5)6)32(21)30-23(19)35-14-17-10-9-16(13-27-17)24(33)34/h9-13H,14-15H2,1-8H3,(H,33,34). The van der Waals surface area contributed by atoms with Gasteiger partial charge < -0.3 is 18.8 Å². The molecule has 0 radical (unpaired) electrons. The van der Waals surface area contributed by atoms with E-state index in [1.54, 1.807) is 16.6 Å². The molecule has 0 saturated heterocycles. The van der Waals surface area contributed by atoms with Gasteiger partial charge in [-0.25, -0.2) is 4.79 Å². The Morgan fingerprint density at radius 3 is 2.42 bits per heavy atom. The molecule has 0 aliphatic carbocycles. The lowest BCUT2D eigenvalue weighted by atomic mass is 9.88. The minimum atomic E-state index is -1.95. The van der Waals surface area contributed by atoms with Crippen molar-refractivity contribution in [3.8, 4) is 17.4 Å². The van der Waals surface area contributed by atoms with Gasteiger partial charge in [0.2, 0.25) is 11.7 Å². The van der Waals surface area contributed by atoms with E-state index in [9.17, 15) is 4.79 Å². The summed E-state index contributed by atoms with van der Waals surface area (Å²) in [5.41, 5.74) is 2.26. The molecule has 0 unspecified atom stereocenters. The van der Waals surface area contributed by atoms with Crippen molar-refractivity contribution in [3.05, 3.63) is 53.0 Å². The van der Waals surface area contributed by atoms with Crippen molar-refractivity contribution in [2.75, 3.05) is 0 Å². The van der Waals surface area contributed by atoms with Crippen LogP contribution in [0.3, 0.4) is 0 Å². The molecule has 0 aliphatic rings. The first kappa shape index (κ1) is 27.4. The highest BCUT2D eigenvalue weighted by Gasteiger charge is 2.37. The number of aromatic nitrogens is 6. The molecule has 0 saturated carbocycles. The average Bonchev–Trinajstić information content (AvgIpc) is 3.46. The van der Waals surface area contributed by atoms with E-state index in [0.717, 1.165) is 5.56 Å². The second kappa shape index (κ2) is 9.91. The number of aromatic carboxylic acids is 1. The van der Waals surface area contributed by atoms with Crippen LogP contribution >= 0.6 is 0 Å². The third-order valence-electron chi connectivity index (χ3n) is 6.77. The monoisotopic (exact) mass is 538 g/mol. The molecule has 0 spiro atoms. The second-order valence-corrected chi connectivity index (χ2v) is 16.6. The van der Waals surface area contributed by atoms with E-state index in [-0.39, 0.29) is 22.6 Å². The molecule has 1 N–H and O–H groups in total. The smallest absolute Gasteiger partial charge is 0.337 e. The third kappa shape index (κ3) is 5.75. The van der Waals surface area contributed by atoms with Crippen LogP contribution in [0.4, 0.5) is 0 Å². The summed E-state index contributed by atoms with van der Waals surface area (Å²) in [6.07, 6.45) is 1.30. The number of rotatable bonds is 8. The number of hydrogen-bond donors (Lipinski definition) is 1. The highest BCUT2D eigenvalue weighted by molar-refractivity contribution is 6.74. The molecule has 0 aromatic carbocycles. The Hall–Kier alpha value is -3.64. The molecule has 12 heteroatoms. The Bertz CT molecular complexity index is 1450. The maximum Gasteiger partial charge on any atom is 0.337 e. The number of nitrogens with zero attached hydrogens (tertiary/aromatic N) is 6. The van der Waals surface area contributed by atoms with Crippen LogP contribution in [0.1, 0.15) is 68.9 Å². The first-order valence-corrected chi connectivity index (χ1v) is 15.2. The Morgan fingerprint density at radius 1 is 1.08 bits per heavy atom. The van der Waals surface area contributed by atoms with Crippen molar-refractivity contribution in [1.29, 1.82) is 0 Å². The van der Waals surface area contributed by atoms with Crippen LogP contribution in [0.2, 0.25) is 18.1 Å². The summed E-state index contributed by atoms with van der Waals surface area (Å²) >= 11 is 0. The van der Waals surface area contributed by atoms with E-state index < -0.39 is 14.3 Å². The van der Waals surface area contributed by atoms with E-state index >= 15 is 0 Å². The van der Waals surface area contributed by atoms with Gasteiger partial charge in [0.15, 0.2) is 25.4 Å². The lowest BCUT2D eigenvalue weighted by molar-refractivity contribution is 0.0696. The first-order valence-electron chi connectivity index (χ1n) is 12.3. The lowest BCUT2D eigenvalue weighted by Gasteiger charge is -2.35. The van der Waals surface area contributed by atoms with Crippen LogP contribution in [0, 0.1) is 0 Å². The van der Waals surface area contributed by atoms with E-state index in [2.05, 4.69) is 75.0 Å². The van der Waals surface area contributed by atoms with Gasteiger partial charge in [0.25, 0.3) is 0 Å². The van der Waals surface area contributed by atoms with Gasteiger partial charge in [0, 0.05) is 17.8 Å². The van der Waals surface area contributed by atoms with Crippen molar-refractivity contribution in [2.24, 2.45) is 0 Å². The molecule has 4 rings (SSSR count). The van der Waals surface area contributed by atoms with E-state index in [1.807, 2.05) is 6.07 Å². The van der Waals surface area contributed by atoms with Crippen molar-refractivity contribution in [2.45, 2.75) is 78.3 Å². The second-order valence-electron chi connectivity index (χ2n) is 11.8. The summed E-state index contributed by atoms with van der Waals surface area (Å²) in [6, 6.07) is 6.79. The Balaban J connectivity index is 1.61. The summed E-state index contributed by atoms with van der Waals surface area (Å²) in [7, 11) is -1.95. The van der Waals surface area contributed by atoms with Crippen molar-refractivity contribution in [1.82, 2.24) is 30.0 Å². The number of carboxylic acids is 1. The molecule has 0 amide bonds. The van der Waals surface area contributed by atoms with Crippen LogP contribution in [-0.4, -0.2) is 49.3 Å². The predicted molar refractivity (Wildman–Crippen MR) is 142 cm³/mol. The van der Waals surface area contributed by atoms with E-state index in [4.69, 9.17) is 23.9 Å². The maximum atomic E-state index is 11.1. The lowest BCUT2D eigenvalue weighted by Crippen LogP contribution is -2.40. The highest BCUT2D eigenvalue weighted by atomic mass is 28.4. The van der Waals surface area contributed by atoms with Crippen LogP contribution in [0.15, 0.2) is 35.0 Å². The fourth-order valence-corrected chi connectivity index (χ4v) is 4.29. The molecule has 0 atom stereocenters. The van der Waals surface area contributed by atoms with Crippen LogP contribution in [0.25, 0.3) is 17.2 Å². The van der Waals surface area contributed by atoms with Gasteiger partial charge in [0.1, 0.15) is 6.61 Å². The molecular formula is C26H34N6O5Si. The molecule has 38 heavy (non-hydrogen) atoms. The third-order valence-corrected chi connectivity index (χ3v) is 11.2. The minimum absolute atomic E-state index is 0.0813. The summed E-state index contributed by atoms with van der Waals surface area (Å²) in [5, 5.41) is 26.7. The fourth-order valence-electron chi connectivity index (χ4n) is 3.35. The Labute approximate surface area is 222 Å². The molecule has 0 fully saturated rings. The zero-order valence-electron chi connectivity index (χ0n) is 23.1. The molecule has 4 aromatic rings. The van der Waals surface area contributed by atoms with Gasteiger partial charge in [-0.2, -0.15) is 4.52 Å². The van der Waals surface area contributed by atoms with Gasteiger partial charge in [-0.15, -0.1) is 15.3 Å². The van der Waals surface area contributed by atoms with Crippen LogP contribution in [0.5, 0.6) is 5.88 Å². The molecule has 0 aliphatic heterocycles. The number of carboxylic acid groups (broad SMARTS) is 1. The number of hydrogen-bond acceptors (Lipinski definition) is 9. The molecule has 0 bridgehead atoms. The number of fused-ring (bicyclic) bond motifs is 1. The zero-order valence-corrected chi connectivity index (χ0v) is 24.1. The summed E-state index contributed by atoms with van der Waals surface area (Å²) < 4.78 is 19.4.